The molecule has 1 aromatic heterocycles. The number of ether oxygens (including phenoxy) is 4. The molecular formula is C36H30F3NO7. The van der Waals surface area contributed by atoms with Crippen molar-refractivity contribution < 1.29 is 41.7 Å². The summed E-state index contributed by atoms with van der Waals surface area (Å²) in [4.78, 5) is 39.9. The molecule has 0 amide bonds. The highest BCUT2D eigenvalue weighted by atomic mass is 19.4. The third kappa shape index (κ3) is 5.66. The van der Waals surface area contributed by atoms with E-state index >= 15 is 0 Å². The van der Waals surface area contributed by atoms with Gasteiger partial charge in [0.25, 0.3) is 0 Å². The van der Waals surface area contributed by atoms with E-state index in [0.29, 0.717) is 27.5 Å². The summed E-state index contributed by atoms with van der Waals surface area (Å²) in [5.74, 6) is -0.994. The van der Waals surface area contributed by atoms with Crippen LogP contribution in [0.25, 0.3) is 38.7 Å². The van der Waals surface area contributed by atoms with Crippen molar-refractivity contribution in [1.82, 2.24) is 4.57 Å². The largest absolute Gasteiger partial charge is 0.496 e. The molecule has 0 aliphatic carbocycles. The number of halogens is 3. The van der Waals surface area contributed by atoms with Crippen molar-refractivity contribution in [3.63, 3.8) is 0 Å². The van der Waals surface area contributed by atoms with Crippen LogP contribution in [-0.4, -0.2) is 35.3 Å². The van der Waals surface area contributed by atoms with Gasteiger partial charge in [0, 0.05) is 31.5 Å². The molecule has 0 fully saturated rings. The zero-order valence-electron chi connectivity index (χ0n) is 26.1. The molecule has 0 unspecified atom stereocenters. The second kappa shape index (κ2) is 11.5. The Morgan fingerprint density at radius 1 is 0.979 bits per heavy atom. The van der Waals surface area contributed by atoms with Crippen LogP contribution in [0.2, 0.25) is 0 Å². The Bertz CT molecular complexity index is 2170. The quantitative estimate of drug-likeness (QED) is 0.113. The first-order chi connectivity index (χ1) is 22.2. The lowest BCUT2D eigenvalue weighted by Gasteiger charge is -2.43. The van der Waals surface area contributed by atoms with E-state index in [0.717, 1.165) is 29.0 Å². The van der Waals surface area contributed by atoms with Gasteiger partial charge in [0.1, 0.15) is 17.1 Å². The third-order valence-electron chi connectivity index (χ3n) is 8.32. The first kappa shape index (κ1) is 31.7. The fraction of sp³-hybridized carbons (Fsp3) is 0.250. The molecule has 1 aliphatic heterocycles. The van der Waals surface area contributed by atoms with Crippen LogP contribution in [0.4, 0.5) is 13.2 Å². The van der Waals surface area contributed by atoms with Crippen LogP contribution >= 0.6 is 0 Å². The van der Waals surface area contributed by atoms with E-state index in [1.165, 1.54) is 32.2 Å². The van der Waals surface area contributed by atoms with Crippen molar-refractivity contribution in [2.45, 2.75) is 44.8 Å². The van der Waals surface area contributed by atoms with Crippen molar-refractivity contribution >= 4 is 50.6 Å². The SMILES string of the molecule is COc1cc2c(c3c1c(=O)c1cc4ccccc4cc1n3C)[C@@H](OC(C)=O)[C@@H](OC(=O)C=Cc1ccc(C(F)(F)F)cc1)C(C)(C)O2. The second-order valence-corrected chi connectivity index (χ2v) is 11.9. The normalized spacial score (nSPS) is 17.4. The van der Waals surface area contributed by atoms with Gasteiger partial charge in [0.2, 0.25) is 5.43 Å². The van der Waals surface area contributed by atoms with Gasteiger partial charge in [-0.15, -0.1) is 0 Å². The van der Waals surface area contributed by atoms with Crippen LogP contribution in [-0.2, 0) is 32.3 Å². The molecule has 1 aliphatic rings. The zero-order chi connectivity index (χ0) is 33.8. The standard InChI is InChI=1S/C36H30F3NO7/c1-19(41)45-33-30-27(47-35(2,3)34(33)46-28(42)15-12-20-10-13-23(14-11-20)36(37,38)39)18-26(44-5)29-31(30)40(4)25-17-22-9-7-6-8-21(22)16-24(25)32(29)43/h6-18,33-34H,1-5H3/t33-,34-/m1/s1. The lowest BCUT2D eigenvalue weighted by Crippen LogP contribution is -2.52. The topological polar surface area (TPSA) is 93.1 Å². The van der Waals surface area contributed by atoms with Crippen LogP contribution in [0.3, 0.4) is 0 Å². The molecule has 8 nitrogen and oxygen atoms in total. The van der Waals surface area contributed by atoms with Crippen LogP contribution in [0.1, 0.15) is 43.6 Å². The molecule has 6 rings (SSSR count). The van der Waals surface area contributed by atoms with E-state index in [9.17, 15) is 27.6 Å². The van der Waals surface area contributed by atoms with Gasteiger partial charge in [0.05, 0.1) is 34.7 Å². The monoisotopic (exact) mass is 645 g/mol. The summed E-state index contributed by atoms with van der Waals surface area (Å²) >= 11 is 0. The first-order valence-electron chi connectivity index (χ1n) is 14.7. The molecule has 11 heteroatoms. The molecular weight excluding hydrogens is 615 g/mol. The van der Waals surface area contributed by atoms with Crippen LogP contribution in [0, 0.1) is 0 Å². The van der Waals surface area contributed by atoms with E-state index < -0.39 is 41.5 Å². The van der Waals surface area contributed by atoms with Gasteiger partial charge >= 0.3 is 18.1 Å². The summed E-state index contributed by atoms with van der Waals surface area (Å²) in [6, 6.07) is 17.2. The van der Waals surface area contributed by atoms with Crippen LogP contribution in [0.5, 0.6) is 11.5 Å². The minimum atomic E-state index is -4.49. The number of aryl methyl sites for hydroxylation is 1. The van der Waals surface area contributed by atoms with Crippen molar-refractivity contribution in [2.75, 3.05) is 7.11 Å². The Morgan fingerprint density at radius 3 is 2.26 bits per heavy atom. The highest BCUT2D eigenvalue weighted by Crippen LogP contribution is 2.49. The first-order valence-corrected chi connectivity index (χ1v) is 14.7. The molecule has 5 aromatic rings. The van der Waals surface area contributed by atoms with E-state index in [4.69, 9.17) is 18.9 Å². The van der Waals surface area contributed by atoms with Gasteiger partial charge in [-0.1, -0.05) is 36.4 Å². The Labute approximate surface area is 266 Å². The fourth-order valence-electron chi connectivity index (χ4n) is 6.14. The lowest BCUT2D eigenvalue weighted by atomic mass is 9.86. The molecule has 242 valence electrons. The average molecular weight is 646 g/mol. The van der Waals surface area contributed by atoms with Gasteiger partial charge in [-0.25, -0.2) is 4.79 Å². The Kier molecular flexibility index (Phi) is 7.73. The molecule has 0 N–H and O–H groups in total. The maximum Gasteiger partial charge on any atom is 0.416 e. The van der Waals surface area contributed by atoms with Gasteiger partial charge in [-0.3, -0.25) is 9.59 Å². The zero-order valence-corrected chi connectivity index (χ0v) is 26.1. The van der Waals surface area contributed by atoms with Gasteiger partial charge in [0.15, 0.2) is 12.2 Å². The molecule has 0 saturated heterocycles. The number of aromatic nitrogens is 1. The maximum atomic E-state index is 14.2. The molecule has 2 heterocycles. The number of fused-ring (bicyclic) bond motifs is 5. The summed E-state index contributed by atoms with van der Waals surface area (Å²) in [5, 5.41) is 2.47. The van der Waals surface area contributed by atoms with Crippen LogP contribution in [0.15, 0.2) is 77.6 Å². The van der Waals surface area contributed by atoms with E-state index in [-0.39, 0.29) is 22.3 Å². The highest BCUT2D eigenvalue weighted by molar-refractivity contribution is 6.04. The van der Waals surface area contributed by atoms with Crippen molar-refractivity contribution in [3.8, 4) is 11.5 Å². The van der Waals surface area contributed by atoms with Gasteiger partial charge < -0.3 is 23.5 Å². The van der Waals surface area contributed by atoms with Gasteiger partial charge in [-0.05, 0) is 60.5 Å². The predicted molar refractivity (Wildman–Crippen MR) is 170 cm³/mol. The molecule has 0 saturated carbocycles. The highest BCUT2D eigenvalue weighted by Gasteiger charge is 2.50. The van der Waals surface area contributed by atoms with Crippen LogP contribution < -0.4 is 14.9 Å². The Hall–Kier alpha value is -5.32. The molecule has 4 aromatic carbocycles. The number of rotatable bonds is 5. The van der Waals surface area contributed by atoms with Gasteiger partial charge in [-0.2, -0.15) is 13.2 Å². The fourth-order valence-corrected chi connectivity index (χ4v) is 6.14. The smallest absolute Gasteiger partial charge is 0.416 e. The van der Waals surface area contributed by atoms with Crippen molar-refractivity contribution in [1.29, 1.82) is 0 Å². The minimum absolute atomic E-state index is 0.226. The average Bonchev–Trinajstić information content (AvgIpc) is 3.02. The molecule has 0 spiro atoms. The van der Waals surface area contributed by atoms with E-state index in [2.05, 4.69) is 0 Å². The number of benzene rings is 4. The summed E-state index contributed by atoms with van der Waals surface area (Å²) in [6.45, 7) is 4.54. The molecule has 0 bridgehead atoms. The number of carbonyl (C=O) groups excluding carboxylic acids is 2. The number of nitrogens with zero attached hydrogens (tertiary/aromatic N) is 1. The van der Waals surface area contributed by atoms with E-state index in [1.807, 2.05) is 36.4 Å². The van der Waals surface area contributed by atoms with Crippen molar-refractivity contribution in [3.05, 3.63) is 99.7 Å². The summed E-state index contributed by atoms with van der Waals surface area (Å²) in [7, 11) is 3.22. The predicted octanol–water partition coefficient (Wildman–Crippen LogP) is 7.27. The number of esters is 2. The van der Waals surface area contributed by atoms with E-state index in [1.54, 1.807) is 31.5 Å². The Morgan fingerprint density at radius 2 is 1.64 bits per heavy atom. The lowest BCUT2D eigenvalue weighted by molar-refractivity contribution is -0.185. The van der Waals surface area contributed by atoms with Crippen molar-refractivity contribution in [2.24, 2.45) is 7.05 Å². The number of alkyl halides is 3. The molecule has 47 heavy (non-hydrogen) atoms. The molecule has 2 atom stereocenters. The Balaban J connectivity index is 1.50. The number of hydrogen-bond donors (Lipinski definition) is 0. The maximum absolute atomic E-state index is 14.2. The number of hydrogen-bond acceptors (Lipinski definition) is 7. The number of methoxy groups -OCH3 is 1. The third-order valence-corrected chi connectivity index (χ3v) is 8.32. The summed E-state index contributed by atoms with van der Waals surface area (Å²) in [5.41, 5.74) is -0.752. The minimum Gasteiger partial charge on any atom is -0.496 e. The second-order valence-electron chi connectivity index (χ2n) is 11.9. The number of carbonyl (C=O) groups is 2. The number of pyridine rings is 1. The summed E-state index contributed by atoms with van der Waals surface area (Å²) < 4.78 is 64.5. The molecule has 0 radical (unpaired) electrons. The summed E-state index contributed by atoms with van der Waals surface area (Å²) in [6.07, 6.45) is -4.53.